The predicted molar refractivity (Wildman–Crippen MR) is 82.7 cm³/mol. The van der Waals surface area contributed by atoms with Gasteiger partial charge in [-0.05, 0) is 47.7 Å². The Labute approximate surface area is 131 Å². The molecule has 2 rings (SSSR count). The van der Waals surface area contributed by atoms with Gasteiger partial charge in [-0.25, -0.2) is 0 Å². The first-order chi connectivity index (χ1) is 9.99. The van der Waals surface area contributed by atoms with Gasteiger partial charge in [0, 0.05) is 35.6 Å². The number of carbonyl (C=O) groups is 1. The second kappa shape index (κ2) is 6.89. The fourth-order valence-electron chi connectivity index (χ4n) is 2.75. The van der Waals surface area contributed by atoms with Crippen LogP contribution in [0.15, 0.2) is 22.7 Å². The van der Waals surface area contributed by atoms with Crippen LogP contribution in [0, 0.1) is 10.1 Å². The number of aliphatic carboxylic acids is 1. The van der Waals surface area contributed by atoms with Crippen molar-refractivity contribution >= 4 is 33.3 Å². The Morgan fingerprint density at radius 3 is 2.86 bits per heavy atom. The highest BCUT2D eigenvalue weighted by molar-refractivity contribution is 9.10. The van der Waals surface area contributed by atoms with Crippen LogP contribution < -0.4 is 4.90 Å². The Morgan fingerprint density at radius 1 is 1.48 bits per heavy atom. The molecule has 114 valence electrons. The lowest BCUT2D eigenvalue weighted by Crippen LogP contribution is -2.40. The van der Waals surface area contributed by atoms with Gasteiger partial charge in [0.15, 0.2) is 0 Å². The molecule has 6 nitrogen and oxygen atoms in total. The normalized spacial score (nSPS) is 18.5. The molecule has 1 saturated heterocycles. The highest BCUT2D eigenvalue weighted by atomic mass is 79.9. The third-order valence-electron chi connectivity index (χ3n) is 3.77. The SMILES string of the molecule is O=C(O)CCC1CCCCN1c1ccc([N+](=O)[O-])cc1Br. The van der Waals surface area contributed by atoms with Gasteiger partial charge in [0.2, 0.25) is 0 Å². The van der Waals surface area contributed by atoms with E-state index in [2.05, 4.69) is 20.8 Å². The third-order valence-corrected chi connectivity index (χ3v) is 4.41. The van der Waals surface area contributed by atoms with Crippen LogP contribution in [-0.2, 0) is 4.79 Å². The Morgan fingerprint density at radius 2 is 2.24 bits per heavy atom. The summed E-state index contributed by atoms with van der Waals surface area (Å²) in [4.78, 5) is 23.3. The minimum Gasteiger partial charge on any atom is -0.481 e. The van der Waals surface area contributed by atoms with Gasteiger partial charge in [0.25, 0.3) is 5.69 Å². The fraction of sp³-hybridized carbons (Fsp3) is 0.500. The number of benzene rings is 1. The van der Waals surface area contributed by atoms with E-state index in [9.17, 15) is 14.9 Å². The lowest BCUT2D eigenvalue weighted by atomic mass is 9.97. The number of nitrogens with zero attached hydrogens (tertiary/aromatic N) is 2. The van der Waals surface area contributed by atoms with Crippen molar-refractivity contribution in [3.05, 3.63) is 32.8 Å². The van der Waals surface area contributed by atoms with Gasteiger partial charge in [0.1, 0.15) is 0 Å². The number of halogens is 1. The summed E-state index contributed by atoms with van der Waals surface area (Å²) in [7, 11) is 0. The number of nitro benzene ring substituents is 1. The first kappa shape index (κ1) is 15.8. The van der Waals surface area contributed by atoms with Gasteiger partial charge in [-0.3, -0.25) is 14.9 Å². The van der Waals surface area contributed by atoms with E-state index in [1.807, 2.05) is 0 Å². The molecule has 1 aromatic carbocycles. The Kier molecular flexibility index (Phi) is 5.17. The molecule has 0 bridgehead atoms. The molecule has 0 aromatic heterocycles. The van der Waals surface area contributed by atoms with Crippen LogP contribution in [-0.4, -0.2) is 28.6 Å². The maximum atomic E-state index is 10.8. The van der Waals surface area contributed by atoms with Crippen LogP contribution >= 0.6 is 15.9 Å². The zero-order valence-electron chi connectivity index (χ0n) is 11.5. The lowest BCUT2D eigenvalue weighted by Gasteiger charge is -2.38. The van der Waals surface area contributed by atoms with Crippen molar-refractivity contribution in [3.8, 4) is 0 Å². The molecular formula is C14H17BrN2O4. The molecule has 1 atom stereocenters. The van der Waals surface area contributed by atoms with Gasteiger partial charge in [0.05, 0.1) is 10.6 Å². The van der Waals surface area contributed by atoms with E-state index in [0.29, 0.717) is 10.9 Å². The monoisotopic (exact) mass is 356 g/mol. The van der Waals surface area contributed by atoms with Crippen LogP contribution in [0.5, 0.6) is 0 Å². The zero-order chi connectivity index (χ0) is 15.4. The van der Waals surface area contributed by atoms with E-state index in [-0.39, 0.29) is 18.2 Å². The third kappa shape index (κ3) is 3.93. The molecule has 1 aromatic rings. The Bertz CT molecular complexity index is 550. The number of anilines is 1. The summed E-state index contributed by atoms with van der Waals surface area (Å²) >= 11 is 3.40. The molecule has 0 spiro atoms. The molecule has 21 heavy (non-hydrogen) atoms. The van der Waals surface area contributed by atoms with Crippen LogP contribution in [0.3, 0.4) is 0 Å². The molecule has 1 unspecified atom stereocenters. The lowest BCUT2D eigenvalue weighted by molar-refractivity contribution is -0.384. The van der Waals surface area contributed by atoms with Gasteiger partial charge < -0.3 is 10.0 Å². The van der Waals surface area contributed by atoms with Crippen molar-refractivity contribution in [3.63, 3.8) is 0 Å². The number of piperidine rings is 1. The average Bonchev–Trinajstić information content (AvgIpc) is 2.45. The molecule has 1 fully saturated rings. The minimum absolute atomic E-state index is 0.0460. The van der Waals surface area contributed by atoms with Crippen molar-refractivity contribution in [2.24, 2.45) is 0 Å². The molecule has 0 saturated carbocycles. The van der Waals surface area contributed by atoms with E-state index in [1.165, 1.54) is 12.1 Å². The van der Waals surface area contributed by atoms with Crippen LogP contribution in [0.1, 0.15) is 32.1 Å². The topological polar surface area (TPSA) is 83.7 Å². The van der Waals surface area contributed by atoms with Gasteiger partial charge in [-0.15, -0.1) is 0 Å². The quantitative estimate of drug-likeness (QED) is 0.643. The maximum Gasteiger partial charge on any atom is 0.303 e. The second-order valence-electron chi connectivity index (χ2n) is 5.17. The molecule has 0 aliphatic carbocycles. The van der Waals surface area contributed by atoms with Crippen LogP contribution in [0.4, 0.5) is 11.4 Å². The van der Waals surface area contributed by atoms with Crippen molar-refractivity contribution < 1.29 is 14.8 Å². The first-order valence-electron chi connectivity index (χ1n) is 6.91. The summed E-state index contributed by atoms with van der Waals surface area (Å²) in [5, 5.41) is 19.6. The van der Waals surface area contributed by atoms with Gasteiger partial charge in [-0.1, -0.05) is 0 Å². The summed E-state index contributed by atoms with van der Waals surface area (Å²) in [6, 6.07) is 4.90. The molecule has 0 radical (unpaired) electrons. The largest absolute Gasteiger partial charge is 0.481 e. The number of rotatable bonds is 5. The van der Waals surface area contributed by atoms with Crippen LogP contribution in [0.2, 0.25) is 0 Å². The molecule has 7 heteroatoms. The summed E-state index contributed by atoms with van der Waals surface area (Å²) < 4.78 is 0.680. The van der Waals surface area contributed by atoms with E-state index in [4.69, 9.17) is 5.11 Å². The zero-order valence-corrected chi connectivity index (χ0v) is 13.1. The van der Waals surface area contributed by atoms with E-state index < -0.39 is 10.9 Å². The van der Waals surface area contributed by atoms with Crippen molar-refractivity contribution in [2.45, 2.75) is 38.1 Å². The molecule has 1 N–H and O–H groups in total. The highest BCUT2D eigenvalue weighted by Crippen LogP contribution is 2.35. The summed E-state index contributed by atoms with van der Waals surface area (Å²) in [5.41, 5.74) is 0.945. The standard InChI is InChI=1S/C14H17BrN2O4/c15-12-9-11(17(20)21)4-6-13(12)16-8-2-1-3-10(16)5-7-14(18)19/h4,6,9-10H,1-3,5,7-8H2,(H,18,19). The van der Waals surface area contributed by atoms with Crippen molar-refractivity contribution in [2.75, 3.05) is 11.4 Å². The molecule has 0 amide bonds. The number of nitro groups is 1. The van der Waals surface area contributed by atoms with E-state index in [0.717, 1.165) is 31.5 Å². The fourth-order valence-corrected chi connectivity index (χ4v) is 3.34. The molecule has 1 heterocycles. The molecular weight excluding hydrogens is 340 g/mol. The van der Waals surface area contributed by atoms with Crippen molar-refractivity contribution in [1.29, 1.82) is 0 Å². The molecule has 1 aliphatic heterocycles. The van der Waals surface area contributed by atoms with Gasteiger partial charge in [-0.2, -0.15) is 0 Å². The number of hydrogen-bond acceptors (Lipinski definition) is 4. The van der Waals surface area contributed by atoms with Crippen LogP contribution in [0.25, 0.3) is 0 Å². The highest BCUT2D eigenvalue weighted by Gasteiger charge is 2.25. The minimum atomic E-state index is -0.789. The summed E-state index contributed by atoms with van der Waals surface area (Å²) in [6.07, 6.45) is 3.83. The summed E-state index contributed by atoms with van der Waals surface area (Å²) in [6.45, 7) is 0.848. The molecule has 1 aliphatic rings. The van der Waals surface area contributed by atoms with E-state index >= 15 is 0 Å². The average molecular weight is 357 g/mol. The number of carboxylic acids is 1. The predicted octanol–water partition coefficient (Wildman–Crippen LogP) is 3.58. The second-order valence-corrected chi connectivity index (χ2v) is 6.02. The smallest absolute Gasteiger partial charge is 0.303 e. The maximum absolute atomic E-state index is 10.8. The first-order valence-corrected chi connectivity index (χ1v) is 7.70. The number of non-ortho nitro benzene ring substituents is 1. The van der Waals surface area contributed by atoms with Gasteiger partial charge >= 0.3 is 5.97 Å². The Hall–Kier alpha value is -1.63. The van der Waals surface area contributed by atoms with E-state index in [1.54, 1.807) is 6.07 Å². The number of carboxylic acid groups (broad SMARTS) is 1. The Balaban J connectivity index is 2.20. The number of hydrogen-bond donors (Lipinski definition) is 1. The van der Waals surface area contributed by atoms with Crippen molar-refractivity contribution in [1.82, 2.24) is 0 Å². The summed E-state index contributed by atoms with van der Waals surface area (Å²) in [5.74, 6) is -0.789.